The number of ether oxygens (including phenoxy) is 2. The van der Waals surface area contributed by atoms with Crippen LogP contribution in [0.4, 0.5) is 0 Å². The molecule has 104 valence electrons. The molecule has 0 bridgehead atoms. The molecule has 2 rings (SSSR count). The van der Waals surface area contributed by atoms with E-state index in [9.17, 15) is 4.79 Å². The third kappa shape index (κ3) is 4.23. The first-order valence-electron chi connectivity index (χ1n) is 6.89. The van der Waals surface area contributed by atoms with Crippen LogP contribution >= 0.6 is 0 Å². The van der Waals surface area contributed by atoms with Crippen LogP contribution in [0.2, 0.25) is 0 Å². The minimum absolute atomic E-state index is 0.234. The Labute approximate surface area is 109 Å². The Balaban J connectivity index is 1.62. The zero-order valence-corrected chi connectivity index (χ0v) is 11.2. The lowest BCUT2D eigenvalue weighted by atomic mass is 10.2. The molecular weight excluding hydrogens is 232 g/mol. The molecule has 5 heteroatoms. The Morgan fingerprint density at radius 3 is 2.78 bits per heavy atom. The first kappa shape index (κ1) is 13.8. The second-order valence-corrected chi connectivity index (χ2v) is 5.10. The molecule has 1 saturated carbocycles. The summed E-state index contributed by atoms with van der Waals surface area (Å²) in [6.07, 6.45) is 3.16. The molecule has 2 aliphatic rings. The van der Waals surface area contributed by atoms with Crippen molar-refractivity contribution in [3.63, 3.8) is 0 Å². The maximum absolute atomic E-state index is 11.9. The lowest BCUT2D eigenvalue weighted by Gasteiger charge is -2.27. The largest absolute Gasteiger partial charge is 0.383 e. The SMILES string of the molecule is COCC(NCCC(=O)N1CCOCC1)C1CC1. The Morgan fingerprint density at radius 1 is 1.44 bits per heavy atom. The molecule has 0 aromatic heterocycles. The van der Waals surface area contributed by atoms with Gasteiger partial charge in [-0.2, -0.15) is 0 Å². The lowest BCUT2D eigenvalue weighted by Crippen LogP contribution is -2.43. The van der Waals surface area contributed by atoms with Crippen molar-refractivity contribution in [2.75, 3.05) is 46.6 Å². The van der Waals surface area contributed by atoms with E-state index in [1.807, 2.05) is 4.90 Å². The summed E-state index contributed by atoms with van der Waals surface area (Å²) in [5.41, 5.74) is 0. The normalized spacial score (nSPS) is 21.9. The van der Waals surface area contributed by atoms with E-state index in [1.165, 1.54) is 12.8 Å². The lowest BCUT2D eigenvalue weighted by molar-refractivity contribution is -0.135. The fraction of sp³-hybridized carbons (Fsp3) is 0.923. The number of methoxy groups -OCH3 is 1. The zero-order valence-electron chi connectivity index (χ0n) is 11.2. The number of amides is 1. The molecule has 1 N–H and O–H groups in total. The predicted octanol–water partition coefficient (Wildman–Crippen LogP) is 0.250. The van der Waals surface area contributed by atoms with Crippen LogP contribution in [0.15, 0.2) is 0 Å². The van der Waals surface area contributed by atoms with Crippen molar-refractivity contribution in [3.8, 4) is 0 Å². The van der Waals surface area contributed by atoms with Gasteiger partial charge in [-0.3, -0.25) is 4.79 Å². The van der Waals surface area contributed by atoms with Gasteiger partial charge in [0.25, 0.3) is 0 Å². The summed E-state index contributed by atoms with van der Waals surface area (Å²) < 4.78 is 10.4. The van der Waals surface area contributed by atoms with Crippen LogP contribution < -0.4 is 5.32 Å². The van der Waals surface area contributed by atoms with Gasteiger partial charge in [0, 0.05) is 39.2 Å². The van der Waals surface area contributed by atoms with E-state index in [-0.39, 0.29) is 5.91 Å². The van der Waals surface area contributed by atoms with Gasteiger partial charge in [-0.15, -0.1) is 0 Å². The van der Waals surface area contributed by atoms with Crippen molar-refractivity contribution in [2.24, 2.45) is 5.92 Å². The summed E-state index contributed by atoms with van der Waals surface area (Å²) >= 11 is 0. The van der Waals surface area contributed by atoms with Crippen LogP contribution in [0.5, 0.6) is 0 Å². The summed E-state index contributed by atoms with van der Waals surface area (Å²) in [6, 6.07) is 0.424. The highest BCUT2D eigenvalue weighted by atomic mass is 16.5. The van der Waals surface area contributed by atoms with Crippen molar-refractivity contribution in [2.45, 2.75) is 25.3 Å². The van der Waals surface area contributed by atoms with E-state index in [2.05, 4.69) is 5.32 Å². The van der Waals surface area contributed by atoms with Crippen LogP contribution in [0.25, 0.3) is 0 Å². The molecule has 5 nitrogen and oxygen atoms in total. The van der Waals surface area contributed by atoms with Crippen LogP contribution in [0.3, 0.4) is 0 Å². The number of hydrogen-bond donors (Lipinski definition) is 1. The molecule has 1 unspecified atom stereocenters. The van der Waals surface area contributed by atoms with Crippen LogP contribution in [0.1, 0.15) is 19.3 Å². The van der Waals surface area contributed by atoms with E-state index < -0.39 is 0 Å². The van der Waals surface area contributed by atoms with Gasteiger partial charge in [0.05, 0.1) is 19.8 Å². The number of rotatable bonds is 7. The number of nitrogens with zero attached hydrogens (tertiary/aromatic N) is 1. The molecule has 18 heavy (non-hydrogen) atoms. The Hall–Kier alpha value is -0.650. The van der Waals surface area contributed by atoms with Crippen molar-refractivity contribution in [1.29, 1.82) is 0 Å². The highest BCUT2D eigenvalue weighted by Gasteiger charge is 2.30. The molecule has 0 spiro atoms. The fourth-order valence-electron chi connectivity index (χ4n) is 2.38. The van der Waals surface area contributed by atoms with Crippen molar-refractivity contribution < 1.29 is 14.3 Å². The Morgan fingerprint density at radius 2 is 2.17 bits per heavy atom. The van der Waals surface area contributed by atoms with Gasteiger partial charge < -0.3 is 19.7 Å². The average molecular weight is 256 g/mol. The van der Waals surface area contributed by atoms with Gasteiger partial charge in [-0.1, -0.05) is 0 Å². The molecular formula is C13H24N2O3. The van der Waals surface area contributed by atoms with Gasteiger partial charge in [0.2, 0.25) is 5.91 Å². The minimum Gasteiger partial charge on any atom is -0.383 e. The van der Waals surface area contributed by atoms with E-state index in [4.69, 9.17) is 9.47 Å². The highest BCUT2D eigenvalue weighted by molar-refractivity contribution is 5.76. The molecule has 0 radical (unpaired) electrons. The van der Waals surface area contributed by atoms with Crippen molar-refractivity contribution in [1.82, 2.24) is 10.2 Å². The summed E-state index contributed by atoms with van der Waals surface area (Å²) in [4.78, 5) is 13.8. The average Bonchev–Trinajstić information content (AvgIpc) is 3.23. The second-order valence-electron chi connectivity index (χ2n) is 5.10. The van der Waals surface area contributed by atoms with Crippen molar-refractivity contribution in [3.05, 3.63) is 0 Å². The Bertz CT molecular complexity index is 263. The number of nitrogens with one attached hydrogen (secondary N) is 1. The number of carbonyl (C=O) groups excluding carboxylic acids is 1. The predicted molar refractivity (Wildman–Crippen MR) is 68.4 cm³/mol. The van der Waals surface area contributed by atoms with E-state index in [1.54, 1.807) is 7.11 Å². The number of morpholine rings is 1. The maximum Gasteiger partial charge on any atom is 0.224 e. The Kier molecular flexibility index (Phi) is 5.41. The molecule has 1 atom stereocenters. The molecule has 2 fully saturated rings. The summed E-state index contributed by atoms with van der Waals surface area (Å²) in [5, 5.41) is 3.45. The molecule has 0 aromatic carbocycles. The third-order valence-electron chi connectivity index (χ3n) is 3.65. The van der Waals surface area contributed by atoms with E-state index in [0.29, 0.717) is 25.7 Å². The molecule has 1 amide bonds. The third-order valence-corrected chi connectivity index (χ3v) is 3.65. The van der Waals surface area contributed by atoms with Gasteiger partial charge in [0.15, 0.2) is 0 Å². The molecule has 1 heterocycles. The van der Waals surface area contributed by atoms with Gasteiger partial charge in [0.1, 0.15) is 0 Å². The van der Waals surface area contributed by atoms with Crippen LogP contribution in [-0.4, -0.2) is 63.4 Å². The topological polar surface area (TPSA) is 50.8 Å². The second kappa shape index (κ2) is 7.07. The first-order chi connectivity index (χ1) is 8.81. The monoisotopic (exact) mass is 256 g/mol. The van der Waals surface area contributed by atoms with Gasteiger partial charge in [-0.05, 0) is 18.8 Å². The molecule has 0 aromatic rings. The number of hydrogen-bond acceptors (Lipinski definition) is 4. The fourth-order valence-corrected chi connectivity index (χ4v) is 2.38. The quantitative estimate of drug-likeness (QED) is 0.709. The standard InChI is InChI=1S/C13H24N2O3/c1-17-10-12(11-2-3-11)14-5-4-13(16)15-6-8-18-9-7-15/h11-12,14H,2-10H2,1H3. The maximum atomic E-state index is 11.9. The smallest absolute Gasteiger partial charge is 0.224 e. The minimum atomic E-state index is 0.234. The van der Waals surface area contributed by atoms with Gasteiger partial charge in [-0.25, -0.2) is 0 Å². The number of carbonyl (C=O) groups is 1. The van der Waals surface area contributed by atoms with Crippen molar-refractivity contribution >= 4 is 5.91 Å². The molecule has 1 aliphatic carbocycles. The summed E-state index contributed by atoms with van der Waals surface area (Å²) in [5.74, 6) is 0.987. The van der Waals surface area contributed by atoms with Gasteiger partial charge >= 0.3 is 0 Å². The molecule has 1 aliphatic heterocycles. The first-order valence-corrected chi connectivity index (χ1v) is 6.89. The van der Waals surface area contributed by atoms with Crippen LogP contribution in [-0.2, 0) is 14.3 Å². The summed E-state index contributed by atoms with van der Waals surface area (Å²) in [6.45, 7) is 4.32. The zero-order chi connectivity index (χ0) is 12.8. The highest BCUT2D eigenvalue weighted by Crippen LogP contribution is 2.32. The summed E-state index contributed by atoms with van der Waals surface area (Å²) in [7, 11) is 1.73. The van der Waals surface area contributed by atoms with E-state index in [0.717, 1.165) is 32.2 Å². The van der Waals surface area contributed by atoms with E-state index >= 15 is 0 Å². The van der Waals surface area contributed by atoms with Crippen LogP contribution in [0, 0.1) is 5.92 Å². The molecule has 1 saturated heterocycles.